The van der Waals surface area contributed by atoms with Crippen LogP contribution >= 0.6 is 0 Å². The maximum absolute atomic E-state index is 8.85. The molecule has 1 unspecified atom stereocenters. The minimum absolute atomic E-state index is 0.262. The number of aliphatic hydroxyl groups excluding tert-OH is 1. The first kappa shape index (κ1) is 10.4. The van der Waals surface area contributed by atoms with Crippen LogP contribution in [-0.2, 0) is 0 Å². The third-order valence-electron chi connectivity index (χ3n) is 5.30. The molecule has 2 aliphatic carbocycles. The van der Waals surface area contributed by atoms with Gasteiger partial charge in [-0.05, 0) is 36.0 Å². The molecule has 2 bridgehead atoms. The lowest BCUT2D eigenvalue weighted by Gasteiger charge is -2.39. The third-order valence-corrected chi connectivity index (χ3v) is 5.30. The lowest BCUT2D eigenvalue weighted by molar-refractivity contribution is 0.118. The van der Waals surface area contributed by atoms with Gasteiger partial charge in [-0.1, -0.05) is 20.8 Å². The van der Waals surface area contributed by atoms with Crippen molar-refractivity contribution in [2.24, 2.45) is 16.7 Å². The normalized spacial score (nSPS) is 44.6. The van der Waals surface area contributed by atoms with Crippen LogP contribution in [0.25, 0.3) is 0 Å². The topological polar surface area (TPSA) is 32.3 Å². The second kappa shape index (κ2) is 3.21. The first-order valence-corrected chi connectivity index (χ1v) is 5.86. The van der Waals surface area contributed by atoms with Crippen molar-refractivity contribution >= 4 is 0 Å². The van der Waals surface area contributed by atoms with Crippen LogP contribution in [-0.4, -0.2) is 24.3 Å². The highest BCUT2D eigenvalue weighted by Crippen LogP contribution is 2.65. The maximum atomic E-state index is 8.85. The fourth-order valence-corrected chi connectivity index (χ4v) is 3.75. The Balaban J connectivity index is 2.11. The Morgan fingerprint density at radius 1 is 1.36 bits per heavy atom. The molecule has 0 aromatic rings. The molecule has 2 saturated carbocycles. The fraction of sp³-hybridized carbons (Fsp3) is 1.00. The van der Waals surface area contributed by atoms with E-state index in [2.05, 4.69) is 26.1 Å². The molecule has 2 fully saturated rings. The summed E-state index contributed by atoms with van der Waals surface area (Å²) in [7, 11) is 0. The SMILES string of the molecule is CC1(C)[C@H]2CC[C@]1(C)C(NCCO)C2. The van der Waals surface area contributed by atoms with Gasteiger partial charge < -0.3 is 10.4 Å². The highest BCUT2D eigenvalue weighted by molar-refractivity contribution is 5.12. The van der Waals surface area contributed by atoms with Gasteiger partial charge in [-0.3, -0.25) is 0 Å². The molecule has 0 aromatic carbocycles. The molecule has 82 valence electrons. The quantitative estimate of drug-likeness (QED) is 0.723. The summed E-state index contributed by atoms with van der Waals surface area (Å²) in [6, 6.07) is 0.628. The molecule has 0 spiro atoms. The summed E-state index contributed by atoms with van der Waals surface area (Å²) in [5.74, 6) is 0.892. The molecule has 0 amide bonds. The van der Waals surface area contributed by atoms with Crippen LogP contribution < -0.4 is 5.32 Å². The van der Waals surface area contributed by atoms with E-state index in [9.17, 15) is 0 Å². The van der Waals surface area contributed by atoms with Gasteiger partial charge in [0.1, 0.15) is 0 Å². The number of rotatable bonds is 3. The zero-order valence-electron chi connectivity index (χ0n) is 9.64. The Bertz CT molecular complexity index is 226. The minimum atomic E-state index is 0.262. The zero-order valence-corrected chi connectivity index (χ0v) is 9.64. The third kappa shape index (κ3) is 1.17. The standard InChI is InChI=1S/C12H23NO/c1-11(2)9-4-5-12(11,3)10(8-9)13-6-7-14/h9-10,13-14H,4-8H2,1-3H3/t9-,10?,12+/m0/s1. The molecule has 2 N–H and O–H groups in total. The van der Waals surface area contributed by atoms with Gasteiger partial charge in [-0.2, -0.15) is 0 Å². The average Bonchev–Trinajstić information content (AvgIpc) is 2.46. The molecular formula is C12H23NO. The molecule has 0 saturated heterocycles. The van der Waals surface area contributed by atoms with Gasteiger partial charge in [0, 0.05) is 12.6 Å². The van der Waals surface area contributed by atoms with Crippen LogP contribution in [0.4, 0.5) is 0 Å². The minimum Gasteiger partial charge on any atom is -0.395 e. The smallest absolute Gasteiger partial charge is 0.0556 e. The molecule has 14 heavy (non-hydrogen) atoms. The Kier molecular flexibility index (Phi) is 2.39. The molecule has 0 aromatic heterocycles. The molecule has 0 aliphatic heterocycles. The molecule has 2 nitrogen and oxygen atoms in total. The second-order valence-electron chi connectivity index (χ2n) is 5.84. The van der Waals surface area contributed by atoms with Crippen molar-refractivity contribution in [1.29, 1.82) is 0 Å². The van der Waals surface area contributed by atoms with Crippen molar-refractivity contribution in [2.45, 2.75) is 46.1 Å². The van der Waals surface area contributed by atoms with E-state index in [0.29, 0.717) is 16.9 Å². The van der Waals surface area contributed by atoms with Crippen LogP contribution in [0.2, 0.25) is 0 Å². The first-order valence-electron chi connectivity index (χ1n) is 5.86. The Morgan fingerprint density at radius 2 is 2.07 bits per heavy atom. The number of aliphatic hydroxyl groups is 1. The Labute approximate surface area is 87.1 Å². The fourth-order valence-electron chi connectivity index (χ4n) is 3.75. The van der Waals surface area contributed by atoms with E-state index < -0.39 is 0 Å². The van der Waals surface area contributed by atoms with Crippen LogP contribution in [0, 0.1) is 16.7 Å². The summed E-state index contributed by atoms with van der Waals surface area (Å²) < 4.78 is 0. The summed E-state index contributed by atoms with van der Waals surface area (Å²) in [4.78, 5) is 0. The van der Waals surface area contributed by atoms with E-state index in [1.807, 2.05) is 0 Å². The van der Waals surface area contributed by atoms with Crippen molar-refractivity contribution in [1.82, 2.24) is 5.32 Å². The van der Waals surface area contributed by atoms with Gasteiger partial charge in [0.05, 0.1) is 6.61 Å². The summed E-state index contributed by atoms with van der Waals surface area (Å²) >= 11 is 0. The summed E-state index contributed by atoms with van der Waals surface area (Å²) in [5, 5.41) is 12.4. The van der Waals surface area contributed by atoms with Crippen molar-refractivity contribution in [3.63, 3.8) is 0 Å². The van der Waals surface area contributed by atoms with Gasteiger partial charge in [0.15, 0.2) is 0 Å². The lowest BCUT2D eigenvalue weighted by Crippen LogP contribution is -2.45. The van der Waals surface area contributed by atoms with E-state index in [0.717, 1.165) is 12.5 Å². The predicted molar refractivity (Wildman–Crippen MR) is 58.1 cm³/mol. The van der Waals surface area contributed by atoms with Crippen molar-refractivity contribution in [2.75, 3.05) is 13.2 Å². The number of hydrogen-bond acceptors (Lipinski definition) is 2. The van der Waals surface area contributed by atoms with Gasteiger partial charge in [0.2, 0.25) is 0 Å². The van der Waals surface area contributed by atoms with Gasteiger partial charge in [-0.15, -0.1) is 0 Å². The van der Waals surface area contributed by atoms with Gasteiger partial charge in [0.25, 0.3) is 0 Å². The van der Waals surface area contributed by atoms with E-state index in [-0.39, 0.29) is 6.61 Å². The number of fused-ring (bicyclic) bond motifs is 2. The number of nitrogens with one attached hydrogen (secondary N) is 1. The van der Waals surface area contributed by atoms with Gasteiger partial charge in [-0.25, -0.2) is 0 Å². The average molecular weight is 197 g/mol. The zero-order chi connectivity index (χ0) is 10.4. The van der Waals surface area contributed by atoms with Gasteiger partial charge >= 0.3 is 0 Å². The van der Waals surface area contributed by atoms with Crippen LogP contribution in [0.3, 0.4) is 0 Å². The summed E-state index contributed by atoms with van der Waals surface area (Å²) in [5.41, 5.74) is 0.937. The Morgan fingerprint density at radius 3 is 2.50 bits per heavy atom. The second-order valence-corrected chi connectivity index (χ2v) is 5.84. The molecule has 0 radical (unpaired) electrons. The van der Waals surface area contributed by atoms with Crippen molar-refractivity contribution in [3.05, 3.63) is 0 Å². The highest BCUT2D eigenvalue weighted by Gasteiger charge is 2.60. The molecule has 2 heteroatoms. The summed E-state index contributed by atoms with van der Waals surface area (Å²) in [6.45, 7) is 8.28. The molecular weight excluding hydrogens is 174 g/mol. The molecule has 0 heterocycles. The molecule has 3 atom stereocenters. The van der Waals surface area contributed by atoms with Crippen LogP contribution in [0.5, 0.6) is 0 Å². The van der Waals surface area contributed by atoms with Crippen molar-refractivity contribution in [3.8, 4) is 0 Å². The maximum Gasteiger partial charge on any atom is 0.0556 e. The number of hydrogen-bond donors (Lipinski definition) is 2. The van der Waals surface area contributed by atoms with E-state index in [1.54, 1.807) is 0 Å². The van der Waals surface area contributed by atoms with E-state index >= 15 is 0 Å². The molecule has 2 rings (SSSR count). The monoisotopic (exact) mass is 197 g/mol. The van der Waals surface area contributed by atoms with E-state index in [4.69, 9.17) is 5.11 Å². The highest BCUT2D eigenvalue weighted by atomic mass is 16.3. The van der Waals surface area contributed by atoms with Crippen LogP contribution in [0.15, 0.2) is 0 Å². The summed E-state index contributed by atoms with van der Waals surface area (Å²) in [6.07, 6.45) is 4.07. The van der Waals surface area contributed by atoms with Crippen molar-refractivity contribution < 1.29 is 5.11 Å². The Hall–Kier alpha value is -0.0800. The lowest BCUT2D eigenvalue weighted by atomic mass is 9.69. The van der Waals surface area contributed by atoms with Crippen LogP contribution in [0.1, 0.15) is 40.0 Å². The molecule has 2 aliphatic rings. The predicted octanol–water partition coefficient (Wildman–Crippen LogP) is 1.78. The van der Waals surface area contributed by atoms with E-state index in [1.165, 1.54) is 19.3 Å². The largest absolute Gasteiger partial charge is 0.395 e. The first-order chi connectivity index (χ1) is 6.52.